The Morgan fingerprint density at radius 1 is 1.10 bits per heavy atom. The summed E-state index contributed by atoms with van der Waals surface area (Å²) in [6, 6.07) is 7.69. The van der Waals surface area contributed by atoms with Crippen LogP contribution in [0, 0.1) is 0 Å². The normalized spacial score (nSPS) is 12.1. The summed E-state index contributed by atoms with van der Waals surface area (Å²) in [4.78, 5) is 12.0. The van der Waals surface area contributed by atoms with Crippen LogP contribution in [0.5, 0.6) is 0 Å². The molecule has 0 radical (unpaired) electrons. The molecule has 0 fully saturated rings. The Morgan fingerprint density at radius 2 is 1.71 bits per heavy atom. The van der Waals surface area contributed by atoms with Crippen LogP contribution in [0.4, 0.5) is 5.69 Å². The van der Waals surface area contributed by atoms with Crippen LogP contribution >= 0.6 is 0 Å². The van der Waals surface area contributed by atoms with E-state index in [-0.39, 0.29) is 11.9 Å². The predicted octanol–water partition coefficient (Wildman–Crippen LogP) is 4.79. The minimum absolute atomic E-state index is 0.0694. The van der Waals surface area contributed by atoms with Crippen LogP contribution in [0.25, 0.3) is 0 Å². The lowest BCUT2D eigenvalue weighted by Crippen LogP contribution is -2.15. The van der Waals surface area contributed by atoms with Gasteiger partial charge in [-0.25, -0.2) is 0 Å². The third-order valence-corrected chi connectivity index (χ3v) is 3.73. The van der Waals surface area contributed by atoms with Gasteiger partial charge in [-0.2, -0.15) is 0 Å². The summed E-state index contributed by atoms with van der Waals surface area (Å²) in [5.74, 6) is 0.0941. The van der Waals surface area contributed by atoms with Crippen molar-refractivity contribution in [1.82, 2.24) is 0 Å². The van der Waals surface area contributed by atoms with Gasteiger partial charge in [0, 0.05) is 18.2 Å². The van der Waals surface area contributed by atoms with Gasteiger partial charge >= 0.3 is 0 Å². The molecule has 21 heavy (non-hydrogen) atoms. The smallest absolute Gasteiger partial charge is 0.224 e. The molecule has 1 rings (SSSR count). The second-order valence-corrected chi connectivity index (χ2v) is 5.80. The topological polar surface area (TPSA) is 55.1 Å². The van der Waals surface area contributed by atoms with E-state index >= 15 is 0 Å². The Kier molecular flexibility index (Phi) is 8.76. The minimum Gasteiger partial charge on any atom is -0.326 e. The van der Waals surface area contributed by atoms with E-state index in [0.717, 1.165) is 24.1 Å². The van der Waals surface area contributed by atoms with Crippen LogP contribution < -0.4 is 11.1 Å². The molecule has 118 valence electrons. The van der Waals surface area contributed by atoms with Gasteiger partial charge in [-0.15, -0.1) is 0 Å². The van der Waals surface area contributed by atoms with Gasteiger partial charge in [-0.1, -0.05) is 63.6 Å². The quantitative estimate of drug-likeness (QED) is 0.609. The molecule has 0 saturated heterocycles. The van der Waals surface area contributed by atoms with Crippen molar-refractivity contribution in [3.63, 3.8) is 0 Å². The maximum atomic E-state index is 12.0. The summed E-state index contributed by atoms with van der Waals surface area (Å²) < 4.78 is 0. The van der Waals surface area contributed by atoms with E-state index < -0.39 is 0 Å². The van der Waals surface area contributed by atoms with Gasteiger partial charge in [0.2, 0.25) is 5.91 Å². The Hall–Kier alpha value is -1.35. The lowest BCUT2D eigenvalue weighted by atomic mass is 10.1. The zero-order valence-corrected chi connectivity index (χ0v) is 13.5. The molecule has 3 heteroatoms. The van der Waals surface area contributed by atoms with Gasteiger partial charge in [0.05, 0.1) is 0 Å². The van der Waals surface area contributed by atoms with Crippen LogP contribution in [-0.4, -0.2) is 5.91 Å². The fourth-order valence-corrected chi connectivity index (χ4v) is 2.46. The van der Waals surface area contributed by atoms with Crippen LogP contribution in [0.2, 0.25) is 0 Å². The summed E-state index contributed by atoms with van der Waals surface area (Å²) in [5, 5.41) is 2.98. The van der Waals surface area contributed by atoms with Gasteiger partial charge in [0.15, 0.2) is 0 Å². The highest BCUT2D eigenvalue weighted by Crippen LogP contribution is 2.21. The lowest BCUT2D eigenvalue weighted by molar-refractivity contribution is -0.116. The molecule has 3 nitrogen and oxygen atoms in total. The molecule has 0 aliphatic rings. The van der Waals surface area contributed by atoms with E-state index in [4.69, 9.17) is 5.73 Å². The largest absolute Gasteiger partial charge is 0.326 e. The highest BCUT2D eigenvalue weighted by atomic mass is 16.1. The number of nitrogens with one attached hydrogen (secondary N) is 1. The second kappa shape index (κ2) is 10.4. The van der Waals surface area contributed by atoms with Crippen LogP contribution in [0.15, 0.2) is 24.3 Å². The van der Waals surface area contributed by atoms with Gasteiger partial charge in [0.1, 0.15) is 0 Å². The van der Waals surface area contributed by atoms with Crippen LogP contribution in [-0.2, 0) is 4.79 Å². The first-order valence-electron chi connectivity index (χ1n) is 8.29. The highest BCUT2D eigenvalue weighted by Gasteiger charge is 2.08. The Balaban J connectivity index is 2.25. The summed E-state index contributed by atoms with van der Waals surface area (Å²) in [5.41, 5.74) is 7.76. The summed E-state index contributed by atoms with van der Waals surface area (Å²) in [6.07, 6.45) is 9.18. The molecule has 0 saturated carbocycles. The number of para-hydroxylation sites is 1. The molecule has 0 bridgehead atoms. The monoisotopic (exact) mass is 290 g/mol. The molecular formula is C18H30N2O. The van der Waals surface area contributed by atoms with Crippen molar-refractivity contribution >= 4 is 11.6 Å². The van der Waals surface area contributed by atoms with Crippen molar-refractivity contribution in [3.8, 4) is 0 Å². The molecule has 3 N–H and O–H groups in total. The number of carbonyl (C=O) groups is 1. The zero-order chi connectivity index (χ0) is 15.5. The number of rotatable bonds is 10. The average Bonchev–Trinajstić information content (AvgIpc) is 2.46. The van der Waals surface area contributed by atoms with Crippen molar-refractivity contribution < 1.29 is 4.79 Å². The summed E-state index contributed by atoms with van der Waals surface area (Å²) in [6.45, 7) is 4.16. The molecule has 1 aromatic rings. The van der Waals surface area contributed by atoms with E-state index in [2.05, 4.69) is 12.2 Å². The Morgan fingerprint density at radius 3 is 2.38 bits per heavy atom. The number of benzene rings is 1. The van der Waals surface area contributed by atoms with Crippen LogP contribution in [0.3, 0.4) is 0 Å². The molecular weight excluding hydrogens is 260 g/mol. The standard InChI is InChI=1S/C18H30N2O/c1-3-4-5-6-7-8-9-14-18(21)20-17-13-11-10-12-16(17)15(2)19/h10-13,15H,3-9,14,19H2,1-2H3,(H,20,21). The second-order valence-electron chi connectivity index (χ2n) is 5.80. The number of anilines is 1. The SMILES string of the molecule is CCCCCCCCCC(=O)Nc1ccccc1C(C)N. The van der Waals surface area contributed by atoms with E-state index in [9.17, 15) is 4.79 Å². The predicted molar refractivity (Wildman–Crippen MR) is 90.3 cm³/mol. The molecule has 1 amide bonds. The molecule has 1 unspecified atom stereocenters. The molecule has 0 spiro atoms. The molecule has 0 aliphatic heterocycles. The number of unbranched alkanes of at least 4 members (excludes halogenated alkanes) is 6. The maximum Gasteiger partial charge on any atom is 0.224 e. The number of amides is 1. The van der Waals surface area contributed by atoms with E-state index in [0.29, 0.717) is 6.42 Å². The Labute approximate surface area is 129 Å². The van der Waals surface area contributed by atoms with Gasteiger partial charge in [0.25, 0.3) is 0 Å². The average molecular weight is 290 g/mol. The fraction of sp³-hybridized carbons (Fsp3) is 0.611. The summed E-state index contributed by atoms with van der Waals surface area (Å²) >= 11 is 0. The van der Waals surface area contributed by atoms with Crippen molar-refractivity contribution in [1.29, 1.82) is 0 Å². The fourth-order valence-electron chi connectivity index (χ4n) is 2.46. The van der Waals surface area contributed by atoms with Gasteiger partial charge in [-0.3, -0.25) is 4.79 Å². The molecule has 0 aliphatic carbocycles. The number of carbonyl (C=O) groups excluding carboxylic acids is 1. The third kappa shape index (κ3) is 7.28. The van der Waals surface area contributed by atoms with E-state index in [1.54, 1.807) is 0 Å². The number of hydrogen-bond acceptors (Lipinski definition) is 2. The van der Waals surface area contributed by atoms with Crippen molar-refractivity contribution in [3.05, 3.63) is 29.8 Å². The van der Waals surface area contributed by atoms with Gasteiger partial charge in [-0.05, 0) is 25.0 Å². The van der Waals surface area contributed by atoms with Crippen molar-refractivity contribution in [2.75, 3.05) is 5.32 Å². The third-order valence-electron chi connectivity index (χ3n) is 3.73. The zero-order valence-electron chi connectivity index (χ0n) is 13.5. The molecule has 1 aromatic carbocycles. The summed E-state index contributed by atoms with van der Waals surface area (Å²) in [7, 11) is 0. The van der Waals surface area contributed by atoms with Crippen LogP contribution in [0.1, 0.15) is 76.8 Å². The minimum atomic E-state index is -0.0694. The molecule has 1 atom stereocenters. The van der Waals surface area contributed by atoms with E-state index in [1.165, 1.54) is 32.1 Å². The molecule has 0 heterocycles. The molecule has 0 aromatic heterocycles. The number of hydrogen-bond donors (Lipinski definition) is 2. The van der Waals surface area contributed by atoms with E-state index in [1.807, 2.05) is 31.2 Å². The Bertz CT molecular complexity index is 415. The lowest BCUT2D eigenvalue weighted by Gasteiger charge is -2.13. The van der Waals surface area contributed by atoms with Crippen molar-refractivity contribution in [2.24, 2.45) is 5.73 Å². The van der Waals surface area contributed by atoms with Gasteiger partial charge < -0.3 is 11.1 Å². The highest BCUT2D eigenvalue weighted by molar-refractivity contribution is 5.91. The maximum absolute atomic E-state index is 12.0. The first-order chi connectivity index (χ1) is 10.1. The first kappa shape index (κ1) is 17.7. The number of nitrogens with two attached hydrogens (primary N) is 1. The van der Waals surface area contributed by atoms with Crippen molar-refractivity contribution in [2.45, 2.75) is 71.3 Å². The first-order valence-corrected chi connectivity index (χ1v) is 8.29.